The van der Waals surface area contributed by atoms with Crippen LogP contribution in [0, 0.1) is 0 Å². The predicted molar refractivity (Wildman–Crippen MR) is 80.4 cm³/mol. The van der Waals surface area contributed by atoms with Gasteiger partial charge in [-0.3, -0.25) is 0 Å². The molecule has 0 aliphatic carbocycles. The molecule has 108 valence electrons. The minimum atomic E-state index is -0.594. The van der Waals surface area contributed by atoms with Crippen molar-refractivity contribution in [2.75, 3.05) is 7.11 Å². The molecular formula is C16H16N2O3. The van der Waals surface area contributed by atoms with Crippen molar-refractivity contribution in [3.8, 4) is 5.75 Å². The molecule has 0 heterocycles. The number of benzene rings is 2. The molecule has 0 aliphatic heterocycles. The van der Waals surface area contributed by atoms with Gasteiger partial charge in [0.2, 0.25) is 0 Å². The first-order chi connectivity index (χ1) is 10.3. The third kappa shape index (κ3) is 4.99. The number of ether oxygens (including phenoxy) is 2. The summed E-state index contributed by atoms with van der Waals surface area (Å²) in [5.74, 6) is 0.766. The predicted octanol–water partition coefficient (Wildman–Crippen LogP) is 2.96. The second-order valence-corrected chi connectivity index (χ2v) is 4.20. The number of hydrazone groups is 1. The highest BCUT2D eigenvalue weighted by Gasteiger charge is 2.00. The summed E-state index contributed by atoms with van der Waals surface area (Å²) < 4.78 is 10.1. The quantitative estimate of drug-likeness (QED) is 0.678. The highest BCUT2D eigenvalue weighted by Crippen LogP contribution is 2.09. The van der Waals surface area contributed by atoms with Crippen LogP contribution in [0.1, 0.15) is 11.1 Å². The van der Waals surface area contributed by atoms with E-state index in [-0.39, 0.29) is 6.61 Å². The Balaban J connectivity index is 1.76. The van der Waals surface area contributed by atoms with Gasteiger partial charge in [0.15, 0.2) is 0 Å². The molecule has 0 bridgehead atoms. The van der Waals surface area contributed by atoms with Crippen molar-refractivity contribution in [2.24, 2.45) is 5.10 Å². The van der Waals surface area contributed by atoms with Crippen LogP contribution >= 0.6 is 0 Å². The first-order valence-electron chi connectivity index (χ1n) is 6.42. The minimum Gasteiger partial charge on any atom is -0.497 e. The van der Waals surface area contributed by atoms with Gasteiger partial charge in [-0.25, -0.2) is 10.2 Å². The van der Waals surface area contributed by atoms with Crippen LogP contribution in [-0.2, 0) is 11.3 Å². The molecule has 0 radical (unpaired) electrons. The number of methoxy groups -OCH3 is 1. The fraction of sp³-hybridized carbons (Fsp3) is 0.125. The van der Waals surface area contributed by atoms with Crippen LogP contribution < -0.4 is 10.2 Å². The van der Waals surface area contributed by atoms with Gasteiger partial charge in [0.1, 0.15) is 12.4 Å². The Bertz CT molecular complexity index is 595. The molecule has 5 heteroatoms. The SMILES string of the molecule is COc1ccc(/C=N/NC(=O)OCc2ccccc2)cc1. The zero-order chi connectivity index (χ0) is 14.9. The van der Waals surface area contributed by atoms with Crippen molar-refractivity contribution >= 4 is 12.3 Å². The van der Waals surface area contributed by atoms with Gasteiger partial charge in [0.05, 0.1) is 13.3 Å². The Hall–Kier alpha value is -2.82. The summed E-state index contributed by atoms with van der Waals surface area (Å²) in [6.45, 7) is 0.213. The molecule has 21 heavy (non-hydrogen) atoms. The average Bonchev–Trinajstić information content (AvgIpc) is 2.54. The van der Waals surface area contributed by atoms with Crippen molar-refractivity contribution in [1.29, 1.82) is 0 Å². The molecule has 2 aromatic carbocycles. The molecule has 0 atom stereocenters. The van der Waals surface area contributed by atoms with Crippen molar-refractivity contribution in [3.63, 3.8) is 0 Å². The Morgan fingerprint density at radius 2 is 1.86 bits per heavy atom. The summed E-state index contributed by atoms with van der Waals surface area (Å²) in [6.07, 6.45) is 0.937. The third-order valence-corrected chi connectivity index (χ3v) is 2.70. The van der Waals surface area contributed by atoms with Crippen molar-refractivity contribution < 1.29 is 14.3 Å². The van der Waals surface area contributed by atoms with Gasteiger partial charge in [-0.15, -0.1) is 0 Å². The summed E-state index contributed by atoms with van der Waals surface area (Å²) >= 11 is 0. The van der Waals surface area contributed by atoms with E-state index in [1.165, 1.54) is 6.21 Å². The van der Waals surface area contributed by atoms with Gasteiger partial charge in [-0.2, -0.15) is 5.10 Å². The minimum absolute atomic E-state index is 0.213. The monoisotopic (exact) mass is 284 g/mol. The van der Waals surface area contributed by atoms with Crippen molar-refractivity contribution in [2.45, 2.75) is 6.61 Å². The van der Waals surface area contributed by atoms with Crippen LogP contribution in [0.2, 0.25) is 0 Å². The maximum absolute atomic E-state index is 11.4. The highest BCUT2D eigenvalue weighted by atomic mass is 16.6. The van der Waals surface area contributed by atoms with Crippen LogP contribution in [0.4, 0.5) is 4.79 Å². The summed E-state index contributed by atoms with van der Waals surface area (Å²) in [6, 6.07) is 16.7. The van der Waals surface area contributed by atoms with Crippen LogP contribution in [-0.4, -0.2) is 19.4 Å². The molecular weight excluding hydrogens is 268 g/mol. The van der Waals surface area contributed by atoms with Crippen LogP contribution in [0.3, 0.4) is 0 Å². The number of nitrogens with zero attached hydrogens (tertiary/aromatic N) is 1. The Morgan fingerprint density at radius 1 is 1.14 bits per heavy atom. The third-order valence-electron chi connectivity index (χ3n) is 2.70. The second-order valence-electron chi connectivity index (χ2n) is 4.20. The summed E-state index contributed by atoms with van der Waals surface area (Å²) in [7, 11) is 1.60. The lowest BCUT2D eigenvalue weighted by molar-refractivity contribution is 0.140. The molecule has 2 rings (SSSR count). The number of nitrogens with one attached hydrogen (secondary N) is 1. The fourth-order valence-corrected chi connectivity index (χ4v) is 1.60. The highest BCUT2D eigenvalue weighted by molar-refractivity contribution is 5.81. The number of carbonyl (C=O) groups is 1. The fourth-order valence-electron chi connectivity index (χ4n) is 1.60. The standard InChI is InChI=1S/C16H16N2O3/c1-20-15-9-7-13(8-10-15)11-17-18-16(19)21-12-14-5-3-2-4-6-14/h2-11H,12H2,1H3,(H,18,19)/b17-11+. The number of carbonyl (C=O) groups excluding carboxylic acids is 1. The lowest BCUT2D eigenvalue weighted by atomic mass is 10.2. The molecule has 0 saturated carbocycles. The molecule has 5 nitrogen and oxygen atoms in total. The zero-order valence-electron chi connectivity index (χ0n) is 11.7. The van der Waals surface area contributed by atoms with E-state index in [2.05, 4.69) is 10.5 Å². The second kappa shape index (κ2) is 7.69. The molecule has 1 amide bonds. The van der Waals surface area contributed by atoms with Crippen LogP contribution in [0.25, 0.3) is 0 Å². The van der Waals surface area contributed by atoms with E-state index in [9.17, 15) is 4.79 Å². The summed E-state index contributed by atoms with van der Waals surface area (Å²) in [4.78, 5) is 11.4. The number of rotatable bonds is 5. The number of hydrogen-bond donors (Lipinski definition) is 1. The lowest BCUT2D eigenvalue weighted by Crippen LogP contribution is -2.18. The number of amides is 1. The lowest BCUT2D eigenvalue weighted by Gasteiger charge is -2.03. The summed E-state index contributed by atoms with van der Waals surface area (Å²) in [5, 5.41) is 3.82. The normalized spacial score (nSPS) is 10.3. The maximum atomic E-state index is 11.4. The Labute approximate surface area is 123 Å². The van der Waals surface area contributed by atoms with E-state index in [0.717, 1.165) is 16.9 Å². The molecule has 0 spiro atoms. The van der Waals surface area contributed by atoms with Gasteiger partial charge in [0, 0.05) is 0 Å². The average molecular weight is 284 g/mol. The maximum Gasteiger partial charge on any atom is 0.428 e. The first kappa shape index (κ1) is 14.6. The van der Waals surface area contributed by atoms with E-state index in [4.69, 9.17) is 9.47 Å². The van der Waals surface area contributed by atoms with Crippen LogP contribution in [0.15, 0.2) is 59.7 Å². The van der Waals surface area contributed by atoms with Gasteiger partial charge < -0.3 is 9.47 Å². The van der Waals surface area contributed by atoms with E-state index in [1.807, 2.05) is 54.6 Å². The first-order valence-corrected chi connectivity index (χ1v) is 6.42. The van der Waals surface area contributed by atoms with Gasteiger partial charge in [0.25, 0.3) is 0 Å². The van der Waals surface area contributed by atoms with E-state index >= 15 is 0 Å². The number of hydrogen-bond acceptors (Lipinski definition) is 4. The summed E-state index contributed by atoms with van der Waals surface area (Å²) in [5.41, 5.74) is 4.08. The largest absolute Gasteiger partial charge is 0.497 e. The van der Waals surface area contributed by atoms with Crippen molar-refractivity contribution in [3.05, 3.63) is 65.7 Å². The smallest absolute Gasteiger partial charge is 0.428 e. The van der Waals surface area contributed by atoms with Crippen LogP contribution in [0.5, 0.6) is 5.75 Å². The Kier molecular flexibility index (Phi) is 5.34. The Morgan fingerprint density at radius 3 is 2.52 bits per heavy atom. The van der Waals surface area contributed by atoms with E-state index < -0.39 is 6.09 Å². The van der Waals surface area contributed by atoms with Crippen molar-refractivity contribution in [1.82, 2.24) is 5.43 Å². The van der Waals surface area contributed by atoms with Gasteiger partial charge in [-0.1, -0.05) is 30.3 Å². The van der Waals surface area contributed by atoms with E-state index in [0.29, 0.717) is 0 Å². The molecule has 2 aromatic rings. The topological polar surface area (TPSA) is 59.9 Å². The molecule has 0 saturated heterocycles. The van der Waals surface area contributed by atoms with Gasteiger partial charge >= 0.3 is 6.09 Å². The zero-order valence-corrected chi connectivity index (χ0v) is 11.7. The molecule has 0 unspecified atom stereocenters. The molecule has 0 aromatic heterocycles. The van der Waals surface area contributed by atoms with Gasteiger partial charge in [-0.05, 0) is 35.4 Å². The molecule has 1 N–H and O–H groups in total. The molecule has 0 fully saturated rings. The van der Waals surface area contributed by atoms with E-state index in [1.54, 1.807) is 7.11 Å². The molecule has 0 aliphatic rings.